The minimum absolute atomic E-state index is 0.139. The fourth-order valence-corrected chi connectivity index (χ4v) is 1.70. The van der Waals surface area contributed by atoms with Crippen molar-refractivity contribution in [2.24, 2.45) is 9.98 Å². The molecule has 0 saturated carbocycles. The van der Waals surface area contributed by atoms with E-state index in [-0.39, 0.29) is 24.2 Å². The summed E-state index contributed by atoms with van der Waals surface area (Å²) in [7, 11) is 0. The van der Waals surface area contributed by atoms with E-state index in [9.17, 15) is 17.6 Å². The number of aliphatic imine (C=N–C) groups is 2. The Labute approximate surface area is 124 Å². The molecule has 0 amide bonds. The van der Waals surface area contributed by atoms with E-state index < -0.39 is 23.3 Å². The van der Waals surface area contributed by atoms with E-state index in [1.807, 2.05) is 0 Å². The Kier molecular flexibility index (Phi) is 5.41. The van der Waals surface area contributed by atoms with Crippen LogP contribution in [-0.4, -0.2) is 25.5 Å². The zero-order chi connectivity index (χ0) is 15.9. The van der Waals surface area contributed by atoms with Crippen molar-refractivity contribution in [3.05, 3.63) is 70.8 Å². The first kappa shape index (κ1) is 15.9. The molecule has 0 aromatic heterocycles. The van der Waals surface area contributed by atoms with Crippen molar-refractivity contribution in [3.8, 4) is 0 Å². The van der Waals surface area contributed by atoms with Crippen molar-refractivity contribution >= 4 is 12.4 Å². The van der Waals surface area contributed by atoms with Crippen molar-refractivity contribution in [2.45, 2.75) is 0 Å². The van der Waals surface area contributed by atoms with Crippen LogP contribution in [0.5, 0.6) is 0 Å². The molecule has 2 aromatic carbocycles. The zero-order valence-corrected chi connectivity index (χ0v) is 11.4. The third kappa shape index (κ3) is 4.00. The standard InChI is InChI=1S/C16H12F4N2/c17-13-3-1-4-14(18)11(13)9-21-7-8-22-10-12-15(19)5-2-6-16(12)20/h1-6,9-10H,7-8H2. The topological polar surface area (TPSA) is 24.7 Å². The highest BCUT2D eigenvalue weighted by molar-refractivity contribution is 5.81. The molecule has 22 heavy (non-hydrogen) atoms. The first-order valence-corrected chi connectivity index (χ1v) is 6.47. The summed E-state index contributed by atoms with van der Waals surface area (Å²) in [6.45, 7) is 0.278. The quantitative estimate of drug-likeness (QED) is 0.456. The molecular weight excluding hydrogens is 296 g/mol. The van der Waals surface area contributed by atoms with Gasteiger partial charge in [-0.3, -0.25) is 9.98 Å². The third-order valence-corrected chi connectivity index (χ3v) is 2.80. The van der Waals surface area contributed by atoms with Crippen LogP contribution < -0.4 is 0 Å². The fraction of sp³-hybridized carbons (Fsp3) is 0.125. The highest BCUT2D eigenvalue weighted by atomic mass is 19.1. The first-order valence-electron chi connectivity index (χ1n) is 6.47. The molecule has 0 radical (unpaired) electrons. The van der Waals surface area contributed by atoms with Crippen molar-refractivity contribution in [1.82, 2.24) is 0 Å². The van der Waals surface area contributed by atoms with Crippen molar-refractivity contribution in [1.29, 1.82) is 0 Å². The van der Waals surface area contributed by atoms with Gasteiger partial charge in [0.2, 0.25) is 0 Å². The Morgan fingerprint density at radius 3 is 1.27 bits per heavy atom. The van der Waals surface area contributed by atoms with E-state index in [0.29, 0.717) is 0 Å². The zero-order valence-electron chi connectivity index (χ0n) is 11.4. The van der Waals surface area contributed by atoms with Gasteiger partial charge in [-0.05, 0) is 24.3 Å². The van der Waals surface area contributed by atoms with Gasteiger partial charge in [0.1, 0.15) is 23.3 Å². The lowest BCUT2D eigenvalue weighted by atomic mass is 10.2. The van der Waals surface area contributed by atoms with Gasteiger partial charge in [-0.15, -0.1) is 0 Å². The Morgan fingerprint density at radius 2 is 0.955 bits per heavy atom. The smallest absolute Gasteiger partial charge is 0.134 e. The third-order valence-electron chi connectivity index (χ3n) is 2.80. The molecule has 0 aliphatic heterocycles. The second kappa shape index (κ2) is 7.49. The van der Waals surface area contributed by atoms with Crippen LogP contribution in [0.3, 0.4) is 0 Å². The molecule has 0 aliphatic rings. The van der Waals surface area contributed by atoms with Gasteiger partial charge in [-0.1, -0.05) is 12.1 Å². The second-order valence-electron chi connectivity index (χ2n) is 4.34. The number of rotatable bonds is 5. The highest BCUT2D eigenvalue weighted by Crippen LogP contribution is 2.10. The van der Waals surface area contributed by atoms with Crippen LogP contribution in [0.15, 0.2) is 46.4 Å². The van der Waals surface area contributed by atoms with Gasteiger partial charge in [0.25, 0.3) is 0 Å². The first-order chi connectivity index (χ1) is 10.6. The fourth-order valence-electron chi connectivity index (χ4n) is 1.70. The Bertz CT molecular complexity index is 609. The largest absolute Gasteiger partial charge is 0.290 e. The maximum atomic E-state index is 13.3. The molecule has 6 heteroatoms. The normalized spacial score (nSPS) is 11.6. The average molecular weight is 308 g/mol. The summed E-state index contributed by atoms with van der Waals surface area (Å²) in [5.41, 5.74) is -0.460. The number of halogens is 4. The lowest BCUT2D eigenvalue weighted by Gasteiger charge is -1.98. The lowest BCUT2D eigenvalue weighted by molar-refractivity contribution is 0.579. The Hall–Kier alpha value is -2.50. The summed E-state index contributed by atoms with van der Waals surface area (Å²) in [6.07, 6.45) is 2.15. The number of benzene rings is 2. The summed E-state index contributed by atoms with van der Waals surface area (Å²) >= 11 is 0. The molecule has 2 nitrogen and oxygen atoms in total. The summed E-state index contributed by atoms with van der Waals surface area (Å²) in [5.74, 6) is -2.83. The molecule has 114 valence electrons. The van der Waals surface area contributed by atoms with Crippen LogP contribution >= 0.6 is 0 Å². The van der Waals surface area contributed by atoms with Crippen molar-refractivity contribution in [3.63, 3.8) is 0 Å². The second-order valence-corrected chi connectivity index (χ2v) is 4.34. The van der Waals surface area contributed by atoms with Gasteiger partial charge in [-0.2, -0.15) is 0 Å². The molecule has 0 unspecified atom stereocenters. The predicted octanol–water partition coefficient (Wildman–Crippen LogP) is 3.78. The molecule has 0 atom stereocenters. The molecular formula is C16H12F4N2. The summed E-state index contributed by atoms with van der Waals surface area (Å²) in [5, 5.41) is 0. The summed E-state index contributed by atoms with van der Waals surface area (Å²) < 4.78 is 53.2. The molecule has 0 saturated heterocycles. The van der Waals surface area contributed by atoms with Gasteiger partial charge in [0.05, 0.1) is 24.2 Å². The lowest BCUT2D eigenvalue weighted by Crippen LogP contribution is -1.97. The van der Waals surface area contributed by atoms with Gasteiger partial charge < -0.3 is 0 Å². The molecule has 2 rings (SSSR count). The average Bonchev–Trinajstić information content (AvgIpc) is 2.47. The van der Waals surface area contributed by atoms with E-state index in [1.54, 1.807) is 0 Å². The molecule has 0 aliphatic carbocycles. The molecule has 0 bridgehead atoms. The van der Waals surface area contributed by atoms with Crippen LogP contribution in [0.4, 0.5) is 17.6 Å². The molecule has 0 fully saturated rings. The van der Waals surface area contributed by atoms with Crippen LogP contribution in [-0.2, 0) is 0 Å². The van der Waals surface area contributed by atoms with Crippen LogP contribution in [0, 0.1) is 23.3 Å². The number of hydrogen-bond donors (Lipinski definition) is 0. The molecule has 0 spiro atoms. The van der Waals surface area contributed by atoms with Crippen molar-refractivity contribution < 1.29 is 17.6 Å². The maximum absolute atomic E-state index is 13.3. The predicted molar refractivity (Wildman–Crippen MR) is 77.6 cm³/mol. The van der Waals surface area contributed by atoms with Crippen molar-refractivity contribution in [2.75, 3.05) is 13.1 Å². The highest BCUT2D eigenvalue weighted by Gasteiger charge is 2.05. The van der Waals surface area contributed by atoms with Crippen LogP contribution in [0.1, 0.15) is 11.1 Å². The summed E-state index contributed by atoms with van der Waals surface area (Å²) in [4.78, 5) is 7.67. The summed E-state index contributed by atoms with van der Waals surface area (Å²) in [6, 6.07) is 7.03. The van der Waals surface area contributed by atoms with E-state index in [0.717, 1.165) is 36.7 Å². The molecule has 0 heterocycles. The van der Waals surface area contributed by atoms with Gasteiger partial charge in [-0.25, -0.2) is 17.6 Å². The van der Waals surface area contributed by atoms with E-state index in [2.05, 4.69) is 9.98 Å². The molecule has 2 aromatic rings. The minimum atomic E-state index is -0.708. The maximum Gasteiger partial charge on any atom is 0.134 e. The van der Waals surface area contributed by atoms with E-state index in [1.165, 1.54) is 12.1 Å². The van der Waals surface area contributed by atoms with E-state index in [4.69, 9.17) is 0 Å². The Balaban J connectivity index is 1.92. The molecule has 0 N–H and O–H groups in total. The number of hydrogen-bond acceptors (Lipinski definition) is 2. The van der Waals surface area contributed by atoms with E-state index >= 15 is 0 Å². The van der Waals surface area contributed by atoms with Gasteiger partial charge >= 0.3 is 0 Å². The Morgan fingerprint density at radius 1 is 0.636 bits per heavy atom. The van der Waals surface area contributed by atoms with Gasteiger partial charge in [0, 0.05) is 12.4 Å². The van der Waals surface area contributed by atoms with Crippen LogP contribution in [0.25, 0.3) is 0 Å². The SMILES string of the molecule is Fc1cccc(F)c1C=NCCN=Cc1c(F)cccc1F. The number of nitrogens with zero attached hydrogens (tertiary/aromatic N) is 2. The van der Waals surface area contributed by atoms with Gasteiger partial charge in [0.15, 0.2) is 0 Å². The van der Waals surface area contributed by atoms with Crippen LogP contribution in [0.2, 0.25) is 0 Å². The monoisotopic (exact) mass is 308 g/mol. The minimum Gasteiger partial charge on any atom is -0.290 e.